The highest BCUT2D eigenvalue weighted by Gasteiger charge is 2.19. The molecule has 2 amide bonds. The number of ketones is 1. The molecule has 0 saturated carbocycles. The van der Waals surface area contributed by atoms with Crippen molar-refractivity contribution in [3.8, 4) is 5.75 Å². The molecule has 1 rings (SSSR count). The Balaban J connectivity index is 2.29. The molecule has 1 atom stereocenters. The van der Waals surface area contributed by atoms with Crippen molar-refractivity contribution in [2.75, 3.05) is 13.7 Å². The predicted molar refractivity (Wildman–Crippen MR) is 88.9 cm³/mol. The van der Waals surface area contributed by atoms with Crippen LogP contribution in [0.1, 0.15) is 43.0 Å². The van der Waals surface area contributed by atoms with Gasteiger partial charge in [0.05, 0.1) is 7.11 Å². The summed E-state index contributed by atoms with van der Waals surface area (Å²) in [6, 6.07) is 6.08. The highest BCUT2D eigenvalue weighted by atomic mass is 16.5. The third-order valence-corrected chi connectivity index (χ3v) is 3.41. The molecule has 0 saturated heterocycles. The monoisotopic (exact) mass is 336 g/mol. The molecular weight excluding hydrogens is 312 g/mol. The van der Waals surface area contributed by atoms with Gasteiger partial charge in [0.2, 0.25) is 5.78 Å². The molecule has 0 aliphatic heterocycles. The minimum Gasteiger partial charge on any atom is -0.497 e. The summed E-state index contributed by atoms with van der Waals surface area (Å²) in [6.45, 7) is 2.04. The molecule has 0 unspecified atom stereocenters. The van der Waals surface area contributed by atoms with Gasteiger partial charge in [0.25, 0.3) is 0 Å². The van der Waals surface area contributed by atoms with Crippen LogP contribution < -0.4 is 15.8 Å². The molecule has 0 heterocycles. The van der Waals surface area contributed by atoms with E-state index in [1.165, 1.54) is 0 Å². The number of amides is 2. The third-order valence-electron chi connectivity index (χ3n) is 3.41. The Bertz CT molecular complexity index is 557. The third kappa shape index (κ3) is 7.13. The van der Waals surface area contributed by atoms with Gasteiger partial charge in [-0.25, -0.2) is 4.79 Å². The maximum Gasteiger partial charge on any atom is 0.312 e. The number of urea groups is 1. The van der Waals surface area contributed by atoms with E-state index in [0.717, 1.165) is 12.8 Å². The number of methoxy groups -OCH3 is 1. The second-order valence-electron chi connectivity index (χ2n) is 5.33. The lowest BCUT2D eigenvalue weighted by Crippen LogP contribution is -2.30. The Morgan fingerprint density at radius 1 is 1.12 bits per heavy atom. The van der Waals surface area contributed by atoms with E-state index in [9.17, 15) is 14.4 Å². The molecule has 1 aromatic carbocycles. The van der Waals surface area contributed by atoms with Crippen LogP contribution in [0.5, 0.6) is 5.75 Å². The largest absolute Gasteiger partial charge is 0.497 e. The fourth-order valence-corrected chi connectivity index (χ4v) is 2.08. The summed E-state index contributed by atoms with van der Waals surface area (Å²) in [5.41, 5.74) is 5.41. The van der Waals surface area contributed by atoms with Crippen LogP contribution in [0.25, 0.3) is 0 Å². The first kappa shape index (κ1) is 19.5. The van der Waals surface area contributed by atoms with E-state index in [2.05, 4.69) is 5.32 Å². The highest BCUT2D eigenvalue weighted by Crippen LogP contribution is 2.14. The summed E-state index contributed by atoms with van der Waals surface area (Å²) >= 11 is 0. The van der Waals surface area contributed by atoms with Crippen LogP contribution in [0.2, 0.25) is 0 Å². The fraction of sp³-hybridized carbons (Fsp3) is 0.471. The van der Waals surface area contributed by atoms with Gasteiger partial charge in [-0.2, -0.15) is 0 Å². The number of benzene rings is 1. The average molecular weight is 336 g/mol. The van der Waals surface area contributed by atoms with Crippen LogP contribution in [0.15, 0.2) is 24.3 Å². The maximum atomic E-state index is 12.2. The van der Waals surface area contributed by atoms with Crippen LogP contribution in [0.4, 0.5) is 4.79 Å². The van der Waals surface area contributed by atoms with Crippen molar-refractivity contribution in [3.63, 3.8) is 0 Å². The van der Waals surface area contributed by atoms with Crippen molar-refractivity contribution < 1.29 is 23.9 Å². The molecule has 0 bridgehead atoms. The van der Waals surface area contributed by atoms with E-state index in [4.69, 9.17) is 15.2 Å². The highest BCUT2D eigenvalue weighted by molar-refractivity contribution is 6.00. The maximum absolute atomic E-state index is 12.2. The van der Waals surface area contributed by atoms with Gasteiger partial charge in [0.15, 0.2) is 6.10 Å². The zero-order chi connectivity index (χ0) is 17.9. The quantitative estimate of drug-likeness (QED) is 0.386. The molecule has 24 heavy (non-hydrogen) atoms. The van der Waals surface area contributed by atoms with Gasteiger partial charge >= 0.3 is 12.0 Å². The van der Waals surface area contributed by atoms with E-state index in [-0.39, 0.29) is 12.2 Å². The second-order valence-corrected chi connectivity index (χ2v) is 5.33. The first-order chi connectivity index (χ1) is 11.4. The topological polar surface area (TPSA) is 108 Å². The Morgan fingerprint density at radius 2 is 1.79 bits per heavy atom. The molecule has 7 heteroatoms. The normalized spacial score (nSPS) is 11.4. The minimum atomic E-state index is -0.831. The molecule has 0 radical (unpaired) electrons. The van der Waals surface area contributed by atoms with E-state index in [1.54, 1.807) is 38.3 Å². The van der Waals surface area contributed by atoms with E-state index in [1.807, 2.05) is 0 Å². The minimum absolute atomic E-state index is 0.233. The predicted octanol–water partition coefficient (Wildman–Crippen LogP) is 2.04. The number of carbonyl (C=O) groups is 3. The first-order valence-corrected chi connectivity index (χ1v) is 7.85. The van der Waals surface area contributed by atoms with Crippen LogP contribution >= 0.6 is 0 Å². The van der Waals surface area contributed by atoms with Gasteiger partial charge in [-0.15, -0.1) is 0 Å². The van der Waals surface area contributed by atoms with Gasteiger partial charge in [0, 0.05) is 18.5 Å². The summed E-state index contributed by atoms with van der Waals surface area (Å²) < 4.78 is 10.2. The SMILES string of the molecule is COc1ccc(C(=O)[C@@H](C)OC(=O)CCCCCNC(N)=O)cc1. The van der Waals surface area contributed by atoms with Crippen molar-refractivity contribution in [1.82, 2.24) is 5.32 Å². The molecule has 0 aliphatic carbocycles. The van der Waals surface area contributed by atoms with Gasteiger partial charge < -0.3 is 20.5 Å². The van der Waals surface area contributed by atoms with Crippen molar-refractivity contribution in [2.24, 2.45) is 5.73 Å². The van der Waals surface area contributed by atoms with Crippen LogP contribution in [0.3, 0.4) is 0 Å². The Labute approximate surface area is 141 Å². The van der Waals surface area contributed by atoms with Crippen LogP contribution in [0, 0.1) is 0 Å². The lowest BCUT2D eigenvalue weighted by Gasteiger charge is -2.12. The van der Waals surface area contributed by atoms with E-state index >= 15 is 0 Å². The standard InChI is InChI=1S/C17H24N2O5/c1-12(16(21)13-7-9-14(23-2)10-8-13)24-15(20)6-4-3-5-11-19-17(18)22/h7-10,12H,3-6,11H2,1-2H3,(H3,18,19,22)/t12-/m1/s1. The molecular formula is C17H24N2O5. The number of ether oxygens (including phenoxy) is 2. The number of nitrogens with one attached hydrogen (secondary N) is 1. The number of hydrogen-bond acceptors (Lipinski definition) is 5. The lowest BCUT2D eigenvalue weighted by molar-refractivity contribution is -0.146. The zero-order valence-corrected chi connectivity index (χ0v) is 14.0. The molecule has 7 nitrogen and oxygen atoms in total. The summed E-state index contributed by atoms with van der Waals surface area (Å²) in [5, 5.41) is 2.48. The van der Waals surface area contributed by atoms with Gasteiger partial charge in [-0.3, -0.25) is 9.59 Å². The molecule has 3 N–H and O–H groups in total. The number of rotatable bonds is 10. The summed E-state index contributed by atoms with van der Waals surface area (Å²) in [7, 11) is 1.55. The zero-order valence-electron chi connectivity index (χ0n) is 14.0. The number of esters is 1. The second kappa shape index (κ2) is 10.3. The number of nitrogens with two attached hydrogens (primary N) is 1. The Hall–Kier alpha value is -2.57. The average Bonchev–Trinajstić information content (AvgIpc) is 2.57. The van der Waals surface area contributed by atoms with Gasteiger partial charge in [-0.05, 0) is 44.0 Å². The molecule has 1 aromatic rings. The molecule has 0 aromatic heterocycles. The molecule has 0 fully saturated rings. The molecule has 0 spiro atoms. The van der Waals surface area contributed by atoms with E-state index < -0.39 is 18.1 Å². The number of hydrogen-bond donors (Lipinski definition) is 2. The summed E-state index contributed by atoms with van der Waals surface area (Å²) in [4.78, 5) is 34.4. The number of primary amides is 1. The molecule has 132 valence electrons. The van der Waals surface area contributed by atoms with Gasteiger partial charge in [-0.1, -0.05) is 6.42 Å². The first-order valence-electron chi connectivity index (χ1n) is 7.85. The van der Waals surface area contributed by atoms with E-state index in [0.29, 0.717) is 24.3 Å². The fourth-order valence-electron chi connectivity index (χ4n) is 2.08. The van der Waals surface area contributed by atoms with Crippen molar-refractivity contribution in [2.45, 2.75) is 38.7 Å². The van der Waals surface area contributed by atoms with Crippen LogP contribution in [-0.2, 0) is 9.53 Å². The molecule has 0 aliphatic rings. The van der Waals surface area contributed by atoms with Crippen molar-refractivity contribution >= 4 is 17.8 Å². The number of Topliss-reactive ketones (excluding diaryl/α,β-unsaturated/α-hetero) is 1. The summed E-state index contributed by atoms with van der Waals surface area (Å²) in [5.74, 6) is -0.00842. The number of carbonyl (C=O) groups excluding carboxylic acids is 3. The lowest BCUT2D eigenvalue weighted by atomic mass is 10.1. The van der Waals surface area contributed by atoms with Gasteiger partial charge in [0.1, 0.15) is 5.75 Å². The smallest absolute Gasteiger partial charge is 0.312 e. The van der Waals surface area contributed by atoms with Crippen molar-refractivity contribution in [1.29, 1.82) is 0 Å². The Morgan fingerprint density at radius 3 is 2.38 bits per heavy atom. The number of unbranched alkanes of at least 4 members (excludes halogenated alkanes) is 2. The van der Waals surface area contributed by atoms with Crippen molar-refractivity contribution in [3.05, 3.63) is 29.8 Å². The Kier molecular flexibility index (Phi) is 8.32. The summed E-state index contributed by atoms with van der Waals surface area (Å²) in [6.07, 6.45) is 1.52. The van der Waals surface area contributed by atoms with Crippen LogP contribution in [-0.4, -0.2) is 37.5 Å².